The molecular weight excluding hydrogens is 371 g/mol. The van der Waals surface area contributed by atoms with Gasteiger partial charge >= 0.3 is 6.18 Å². The second-order valence-electron chi connectivity index (χ2n) is 7.29. The Labute approximate surface area is 165 Å². The van der Waals surface area contributed by atoms with E-state index < -0.39 is 17.8 Å². The average Bonchev–Trinajstić information content (AvgIpc) is 2.62. The van der Waals surface area contributed by atoms with Crippen LogP contribution in [0.2, 0.25) is 0 Å². The average molecular weight is 406 g/mol. The Hall–Kier alpha value is -1.31. The van der Waals surface area contributed by atoms with Crippen LogP contribution in [0.15, 0.2) is 18.2 Å². The molecule has 1 rings (SSSR count). The van der Waals surface area contributed by atoms with E-state index in [1.807, 2.05) is 0 Å². The Kier molecular flexibility index (Phi) is 11.5. The second kappa shape index (κ2) is 13.0. The summed E-state index contributed by atoms with van der Waals surface area (Å²) in [5.74, 6) is -0.130. The van der Waals surface area contributed by atoms with Gasteiger partial charge in [-0.25, -0.2) is 0 Å². The maximum Gasteiger partial charge on any atom is 0.419 e. The summed E-state index contributed by atoms with van der Waals surface area (Å²) < 4.78 is 45.6. The standard InChI is InChI=1S/C21H34F3NO3/c1-2-3-4-5-6-13-28-20-10-8-16(14-19(20)21(22,23)24)7-9-17(25)15-18(27)11-12-26/h8,10,14,17-18,26-27H,2-7,9,11-13,15,25H2,1H3. The van der Waals surface area contributed by atoms with E-state index in [2.05, 4.69) is 6.92 Å². The summed E-state index contributed by atoms with van der Waals surface area (Å²) >= 11 is 0. The van der Waals surface area contributed by atoms with Crippen molar-refractivity contribution < 1.29 is 28.1 Å². The Morgan fingerprint density at radius 1 is 1.11 bits per heavy atom. The Bertz CT molecular complexity index is 552. The van der Waals surface area contributed by atoms with E-state index in [-0.39, 0.29) is 31.4 Å². The summed E-state index contributed by atoms with van der Waals surface area (Å²) in [5, 5.41) is 18.4. The van der Waals surface area contributed by atoms with Crippen molar-refractivity contribution in [3.8, 4) is 5.75 Å². The molecule has 4 nitrogen and oxygen atoms in total. The van der Waals surface area contributed by atoms with E-state index in [4.69, 9.17) is 15.6 Å². The number of rotatable bonds is 14. The fourth-order valence-corrected chi connectivity index (χ4v) is 3.05. The van der Waals surface area contributed by atoms with E-state index in [9.17, 15) is 18.3 Å². The van der Waals surface area contributed by atoms with Gasteiger partial charge in [-0.3, -0.25) is 0 Å². The van der Waals surface area contributed by atoms with Gasteiger partial charge in [-0.05, 0) is 49.8 Å². The molecule has 2 unspecified atom stereocenters. The molecule has 0 aliphatic carbocycles. The minimum Gasteiger partial charge on any atom is -0.493 e. The van der Waals surface area contributed by atoms with Gasteiger partial charge in [-0.1, -0.05) is 38.7 Å². The molecule has 0 amide bonds. The van der Waals surface area contributed by atoms with Gasteiger partial charge in [0.2, 0.25) is 0 Å². The summed E-state index contributed by atoms with van der Waals surface area (Å²) in [6.45, 7) is 2.26. The van der Waals surface area contributed by atoms with Crippen LogP contribution in [0.3, 0.4) is 0 Å². The molecule has 0 aliphatic rings. The van der Waals surface area contributed by atoms with Crippen LogP contribution < -0.4 is 10.5 Å². The first-order chi connectivity index (χ1) is 13.3. The zero-order valence-electron chi connectivity index (χ0n) is 16.7. The van der Waals surface area contributed by atoms with Crippen molar-refractivity contribution in [3.63, 3.8) is 0 Å². The number of aliphatic hydroxyl groups excluding tert-OH is 2. The lowest BCUT2D eigenvalue weighted by Crippen LogP contribution is -2.27. The number of ether oxygens (including phenoxy) is 1. The van der Waals surface area contributed by atoms with Crippen LogP contribution in [0.4, 0.5) is 13.2 Å². The topological polar surface area (TPSA) is 75.7 Å². The number of alkyl halides is 3. The molecular formula is C21H34F3NO3. The first kappa shape index (κ1) is 24.7. The molecule has 0 radical (unpaired) electrons. The third kappa shape index (κ3) is 9.75. The highest BCUT2D eigenvalue weighted by Crippen LogP contribution is 2.37. The quantitative estimate of drug-likeness (QED) is 0.400. The van der Waals surface area contributed by atoms with Gasteiger partial charge in [-0.15, -0.1) is 0 Å². The molecule has 2 atom stereocenters. The summed E-state index contributed by atoms with van der Waals surface area (Å²) in [6, 6.07) is 3.81. The first-order valence-electron chi connectivity index (χ1n) is 10.1. The summed E-state index contributed by atoms with van der Waals surface area (Å²) in [7, 11) is 0. The monoisotopic (exact) mass is 405 g/mol. The first-order valence-corrected chi connectivity index (χ1v) is 10.1. The SMILES string of the molecule is CCCCCCCOc1ccc(CCC(N)CC(O)CCO)cc1C(F)(F)F. The lowest BCUT2D eigenvalue weighted by molar-refractivity contribution is -0.139. The van der Waals surface area contributed by atoms with E-state index in [0.717, 1.165) is 38.2 Å². The van der Waals surface area contributed by atoms with Gasteiger partial charge in [0.05, 0.1) is 18.3 Å². The Balaban J connectivity index is 2.62. The van der Waals surface area contributed by atoms with Gasteiger partial charge in [0.1, 0.15) is 5.75 Å². The van der Waals surface area contributed by atoms with Gasteiger partial charge in [0.15, 0.2) is 0 Å². The fourth-order valence-electron chi connectivity index (χ4n) is 3.05. The summed E-state index contributed by atoms with van der Waals surface area (Å²) in [4.78, 5) is 0. The number of hydrogen-bond donors (Lipinski definition) is 3. The largest absolute Gasteiger partial charge is 0.493 e. The van der Waals surface area contributed by atoms with Crippen LogP contribution in [0.25, 0.3) is 0 Å². The van der Waals surface area contributed by atoms with E-state index in [1.165, 1.54) is 6.07 Å². The fraction of sp³-hybridized carbons (Fsp3) is 0.714. The van der Waals surface area contributed by atoms with Gasteiger partial charge < -0.3 is 20.7 Å². The molecule has 0 fully saturated rings. The highest BCUT2D eigenvalue weighted by molar-refractivity contribution is 5.39. The van der Waals surface area contributed by atoms with Crippen molar-refractivity contribution in [2.75, 3.05) is 13.2 Å². The van der Waals surface area contributed by atoms with Crippen LogP contribution in [0.5, 0.6) is 5.75 Å². The normalized spacial score (nSPS) is 14.1. The van der Waals surface area contributed by atoms with Gasteiger partial charge in [0.25, 0.3) is 0 Å². The lowest BCUT2D eigenvalue weighted by Gasteiger charge is -2.17. The van der Waals surface area contributed by atoms with Crippen LogP contribution in [0.1, 0.15) is 69.4 Å². The number of unbranched alkanes of at least 4 members (excludes halogenated alkanes) is 4. The molecule has 0 saturated heterocycles. The number of halogens is 3. The van der Waals surface area contributed by atoms with Crippen LogP contribution in [-0.4, -0.2) is 35.6 Å². The molecule has 0 aliphatic heterocycles. The van der Waals surface area contributed by atoms with Crippen LogP contribution >= 0.6 is 0 Å². The Morgan fingerprint density at radius 2 is 1.82 bits per heavy atom. The maximum atomic E-state index is 13.4. The van der Waals surface area contributed by atoms with Crippen molar-refractivity contribution >= 4 is 0 Å². The Morgan fingerprint density at radius 3 is 2.46 bits per heavy atom. The molecule has 0 aromatic heterocycles. The second-order valence-corrected chi connectivity index (χ2v) is 7.29. The van der Waals surface area contributed by atoms with E-state index in [0.29, 0.717) is 24.8 Å². The van der Waals surface area contributed by atoms with Gasteiger partial charge in [-0.2, -0.15) is 13.2 Å². The molecule has 0 saturated carbocycles. The smallest absolute Gasteiger partial charge is 0.419 e. The van der Waals surface area contributed by atoms with Crippen molar-refractivity contribution in [1.29, 1.82) is 0 Å². The molecule has 28 heavy (non-hydrogen) atoms. The molecule has 0 heterocycles. The zero-order chi connectivity index (χ0) is 21.0. The highest BCUT2D eigenvalue weighted by Gasteiger charge is 2.34. The molecule has 162 valence electrons. The summed E-state index contributed by atoms with van der Waals surface area (Å²) in [6.07, 6.45) is 1.22. The minimum atomic E-state index is -4.48. The zero-order valence-corrected chi connectivity index (χ0v) is 16.7. The van der Waals surface area contributed by atoms with Crippen molar-refractivity contribution in [1.82, 2.24) is 0 Å². The van der Waals surface area contributed by atoms with Crippen LogP contribution in [0, 0.1) is 0 Å². The van der Waals surface area contributed by atoms with E-state index in [1.54, 1.807) is 6.07 Å². The molecule has 0 bridgehead atoms. The number of aliphatic hydroxyl groups is 2. The summed E-state index contributed by atoms with van der Waals surface area (Å²) in [5.41, 5.74) is 5.71. The maximum absolute atomic E-state index is 13.4. The number of benzene rings is 1. The van der Waals surface area contributed by atoms with Gasteiger partial charge in [0, 0.05) is 12.6 Å². The predicted molar refractivity (Wildman–Crippen MR) is 104 cm³/mol. The van der Waals surface area contributed by atoms with E-state index >= 15 is 0 Å². The molecule has 4 N–H and O–H groups in total. The molecule has 0 spiro atoms. The highest BCUT2D eigenvalue weighted by atomic mass is 19.4. The third-order valence-corrected chi connectivity index (χ3v) is 4.70. The number of nitrogens with two attached hydrogens (primary N) is 1. The third-order valence-electron chi connectivity index (χ3n) is 4.70. The van der Waals surface area contributed by atoms with Crippen molar-refractivity contribution in [2.24, 2.45) is 5.73 Å². The van der Waals surface area contributed by atoms with Crippen LogP contribution in [-0.2, 0) is 12.6 Å². The molecule has 1 aromatic rings. The minimum absolute atomic E-state index is 0.122. The predicted octanol–water partition coefficient (Wildman–Crippen LogP) is 4.45. The number of hydrogen-bond acceptors (Lipinski definition) is 4. The lowest BCUT2D eigenvalue weighted by atomic mass is 9.99. The number of aryl methyl sites for hydroxylation is 1. The molecule has 1 aromatic carbocycles. The van der Waals surface area contributed by atoms with Crippen molar-refractivity contribution in [3.05, 3.63) is 29.3 Å². The molecule has 7 heteroatoms. The van der Waals surface area contributed by atoms with Crippen molar-refractivity contribution in [2.45, 2.75) is 83.0 Å².